The quantitative estimate of drug-likeness (QED) is 0.556. The summed E-state index contributed by atoms with van der Waals surface area (Å²) in [6.07, 6.45) is 6.22. The van der Waals surface area contributed by atoms with Gasteiger partial charge < -0.3 is 5.73 Å². The standard InChI is InChI=1S/C19H24Cl2N2O/c1-12-6-8-15(9-7-12)23-13(2)14(11-22)10-18(24)19-16(20)4-3-5-17(19)21/h3-5,11-12,15H,6-10,22H2,1-2H3. The number of ketones is 1. The number of carbonyl (C=O) groups is 1. The second-order valence-electron chi connectivity index (χ2n) is 6.52. The van der Waals surface area contributed by atoms with Crippen LogP contribution in [-0.4, -0.2) is 17.5 Å². The van der Waals surface area contributed by atoms with Gasteiger partial charge in [-0.05, 0) is 62.4 Å². The first-order valence-corrected chi connectivity index (χ1v) is 9.10. The molecule has 1 aromatic carbocycles. The van der Waals surface area contributed by atoms with E-state index in [1.807, 2.05) is 6.92 Å². The van der Waals surface area contributed by atoms with Crippen molar-refractivity contribution in [3.8, 4) is 0 Å². The molecule has 130 valence electrons. The largest absolute Gasteiger partial charge is 0.404 e. The van der Waals surface area contributed by atoms with Gasteiger partial charge in [-0.1, -0.05) is 36.2 Å². The topological polar surface area (TPSA) is 55.4 Å². The SMILES string of the molecule is CC(=NC1CCC(C)CC1)C(=CN)CC(=O)c1c(Cl)cccc1Cl. The zero-order valence-electron chi connectivity index (χ0n) is 14.2. The molecule has 0 saturated heterocycles. The van der Waals surface area contributed by atoms with Crippen molar-refractivity contribution in [1.82, 2.24) is 0 Å². The molecule has 0 atom stereocenters. The van der Waals surface area contributed by atoms with Crippen LogP contribution < -0.4 is 5.73 Å². The van der Waals surface area contributed by atoms with E-state index in [1.54, 1.807) is 18.2 Å². The molecule has 24 heavy (non-hydrogen) atoms. The Morgan fingerprint density at radius 2 is 1.83 bits per heavy atom. The third kappa shape index (κ3) is 4.84. The maximum absolute atomic E-state index is 12.6. The number of carbonyl (C=O) groups excluding carboxylic acids is 1. The van der Waals surface area contributed by atoms with Gasteiger partial charge in [0.25, 0.3) is 0 Å². The highest BCUT2D eigenvalue weighted by molar-refractivity contribution is 6.40. The van der Waals surface area contributed by atoms with Crippen LogP contribution >= 0.6 is 23.2 Å². The summed E-state index contributed by atoms with van der Waals surface area (Å²) in [6.45, 7) is 4.20. The maximum Gasteiger partial charge on any atom is 0.170 e. The summed E-state index contributed by atoms with van der Waals surface area (Å²) in [4.78, 5) is 17.4. The number of benzene rings is 1. The highest BCUT2D eigenvalue weighted by Crippen LogP contribution is 2.28. The molecule has 0 spiro atoms. The van der Waals surface area contributed by atoms with E-state index in [0.717, 1.165) is 30.0 Å². The molecule has 0 radical (unpaired) electrons. The first-order chi connectivity index (χ1) is 11.4. The van der Waals surface area contributed by atoms with Crippen LogP contribution in [0.3, 0.4) is 0 Å². The number of nitrogens with zero attached hydrogens (tertiary/aromatic N) is 1. The molecular weight excluding hydrogens is 343 g/mol. The average Bonchev–Trinajstić information content (AvgIpc) is 2.54. The zero-order chi connectivity index (χ0) is 17.7. The van der Waals surface area contributed by atoms with Crippen LogP contribution in [0.4, 0.5) is 0 Å². The predicted molar refractivity (Wildman–Crippen MR) is 102 cm³/mol. The lowest BCUT2D eigenvalue weighted by Gasteiger charge is -2.24. The molecule has 0 aliphatic heterocycles. The molecule has 1 aliphatic carbocycles. The van der Waals surface area contributed by atoms with E-state index in [4.69, 9.17) is 33.9 Å². The molecule has 1 saturated carbocycles. The van der Waals surface area contributed by atoms with E-state index in [-0.39, 0.29) is 12.2 Å². The van der Waals surface area contributed by atoms with Crippen LogP contribution in [0.15, 0.2) is 35.0 Å². The summed E-state index contributed by atoms with van der Waals surface area (Å²) < 4.78 is 0. The molecule has 0 unspecified atom stereocenters. The number of hydrogen-bond donors (Lipinski definition) is 1. The molecule has 3 nitrogen and oxygen atoms in total. The monoisotopic (exact) mass is 366 g/mol. The lowest BCUT2D eigenvalue weighted by molar-refractivity contribution is 0.0994. The minimum absolute atomic E-state index is 0.144. The number of rotatable bonds is 5. The molecule has 5 heteroatoms. The van der Waals surface area contributed by atoms with Gasteiger partial charge in [0, 0.05) is 12.1 Å². The summed E-state index contributed by atoms with van der Waals surface area (Å²) in [5.74, 6) is 0.638. The van der Waals surface area contributed by atoms with Crippen LogP contribution in [0.2, 0.25) is 10.0 Å². The minimum Gasteiger partial charge on any atom is -0.404 e. The van der Waals surface area contributed by atoms with Gasteiger partial charge in [0.05, 0.1) is 21.7 Å². The van der Waals surface area contributed by atoms with Crippen molar-refractivity contribution in [2.24, 2.45) is 16.6 Å². The first-order valence-electron chi connectivity index (χ1n) is 8.35. The van der Waals surface area contributed by atoms with Gasteiger partial charge in [0.1, 0.15) is 0 Å². The fourth-order valence-electron chi connectivity index (χ4n) is 3.06. The van der Waals surface area contributed by atoms with Crippen LogP contribution in [0.1, 0.15) is 56.3 Å². The fraction of sp³-hybridized carbons (Fsp3) is 0.474. The summed E-state index contributed by atoms with van der Waals surface area (Å²) in [7, 11) is 0. The van der Waals surface area contributed by atoms with Crippen molar-refractivity contribution in [3.63, 3.8) is 0 Å². The smallest absolute Gasteiger partial charge is 0.170 e. The zero-order valence-corrected chi connectivity index (χ0v) is 15.7. The Balaban J connectivity index is 2.10. The Labute approximate surface area is 153 Å². The Hall–Kier alpha value is -1.32. The van der Waals surface area contributed by atoms with Crippen LogP contribution in [0, 0.1) is 5.92 Å². The highest BCUT2D eigenvalue weighted by Gasteiger charge is 2.20. The molecule has 1 aliphatic rings. The first kappa shape index (κ1) is 19.0. The molecule has 1 fully saturated rings. The average molecular weight is 367 g/mol. The van der Waals surface area contributed by atoms with Gasteiger partial charge in [-0.3, -0.25) is 9.79 Å². The summed E-state index contributed by atoms with van der Waals surface area (Å²) in [5, 5.41) is 0.722. The van der Waals surface area contributed by atoms with E-state index in [2.05, 4.69) is 6.92 Å². The van der Waals surface area contributed by atoms with Gasteiger partial charge in [-0.15, -0.1) is 0 Å². The second-order valence-corrected chi connectivity index (χ2v) is 7.33. The number of hydrogen-bond acceptors (Lipinski definition) is 3. The number of Topliss-reactive ketones (excluding diaryl/α,β-unsaturated/α-hetero) is 1. The molecule has 0 aromatic heterocycles. The molecule has 2 N–H and O–H groups in total. The predicted octanol–water partition coefficient (Wildman–Crippen LogP) is 5.45. The van der Waals surface area contributed by atoms with Crippen LogP contribution in [-0.2, 0) is 0 Å². The van der Waals surface area contributed by atoms with Gasteiger partial charge >= 0.3 is 0 Å². The highest BCUT2D eigenvalue weighted by atomic mass is 35.5. The van der Waals surface area contributed by atoms with Crippen molar-refractivity contribution in [3.05, 3.63) is 45.6 Å². The summed E-state index contributed by atoms with van der Waals surface area (Å²) >= 11 is 12.2. The fourth-order valence-corrected chi connectivity index (χ4v) is 3.67. The number of halogens is 2. The van der Waals surface area contributed by atoms with E-state index in [1.165, 1.54) is 19.0 Å². The van der Waals surface area contributed by atoms with Crippen molar-refractivity contribution in [2.45, 2.75) is 52.0 Å². The number of allylic oxidation sites excluding steroid dienone is 1. The van der Waals surface area contributed by atoms with Crippen molar-refractivity contribution >= 4 is 34.7 Å². The van der Waals surface area contributed by atoms with Crippen molar-refractivity contribution in [1.29, 1.82) is 0 Å². The molecular formula is C19H24Cl2N2O. The van der Waals surface area contributed by atoms with Gasteiger partial charge in [0.15, 0.2) is 5.78 Å². The Kier molecular flexibility index (Phi) is 6.88. The van der Waals surface area contributed by atoms with E-state index < -0.39 is 0 Å². The molecule has 0 amide bonds. The molecule has 2 rings (SSSR count). The van der Waals surface area contributed by atoms with Crippen LogP contribution in [0.5, 0.6) is 0 Å². The molecule has 1 aromatic rings. The van der Waals surface area contributed by atoms with E-state index in [9.17, 15) is 4.79 Å². The third-order valence-corrected chi connectivity index (χ3v) is 5.25. The number of nitrogens with two attached hydrogens (primary N) is 1. The van der Waals surface area contributed by atoms with Crippen molar-refractivity contribution < 1.29 is 4.79 Å². The second kappa shape index (κ2) is 8.68. The third-order valence-electron chi connectivity index (χ3n) is 4.62. The van der Waals surface area contributed by atoms with Gasteiger partial charge in [-0.25, -0.2) is 0 Å². The maximum atomic E-state index is 12.6. The van der Waals surface area contributed by atoms with Gasteiger partial charge in [-0.2, -0.15) is 0 Å². The Morgan fingerprint density at radius 3 is 2.38 bits per heavy atom. The normalized spacial score (nSPS) is 22.5. The lowest BCUT2D eigenvalue weighted by Crippen LogP contribution is -2.18. The summed E-state index contributed by atoms with van der Waals surface area (Å²) in [5.41, 5.74) is 7.65. The number of aliphatic imine (C=N–C) groups is 1. The molecule has 0 bridgehead atoms. The Morgan fingerprint density at radius 1 is 1.25 bits per heavy atom. The van der Waals surface area contributed by atoms with E-state index in [0.29, 0.717) is 21.7 Å². The van der Waals surface area contributed by atoms with E-state index >= 15 is 0 Å². The lowest BCUT2D eigenvalue weighted by atomic mass is 9.87. The Bertz CT molecular complexity index is 639. The summed E-state index contributed by atoms with van der Waals surface area (Å²) in [6, 6.07) is 5.38. The molecule has 0 heterocycles. The van der Waals surface area contributed by atoms with Crippen LogP contribution in [0.25, 0.3) is 0 Å². The van der Waals surface area contributed by atoms with Gasteiger partial charge in [0.2, 0.25) is 0 Å². The minimum atomic E-state index is -0.144. The van der Waals surface area contributed by atoms with Crippen molar-refractivity contribution in [2.75, 3.05) is 0 Å².